The molecule has 1 N–H and O–H groups in total. The fraction of sp³-hybridized carbons (Fsp3) is 0.800. The van der Waals surface area contributed by atoms with Crippen LogP contribution in [0.25, 0.3) is 0 Å². The van der Waals surface area contributed by atoms with Crippen LogP contribution in [0.5, 0.6) is 0 Å². The summed E-state index contributed by atoms with van der Waals surface area (Å²) in [6.07, 6.45) is 0. The van der Waals surface area contributed by atoms with Crippen molar-refractivity contribution in [2.45, 2.75) is 33.7 Å². The van der Waals surface area contributed by atoms with Crippen LogP contribution in [0.2, 0.25) is 0 Å². The number of nitrogens with one attached hydrogen (secondary N) is 1. The van der Waals surface area contributed by atoms with Gasteiger partial charge in [0.2, 0.25) is 5.13 Å². The Morgan fingerprint density at radius 1 is 1.33 bits per heavy atom. The van der Waals surface area contributed by atoms with E-state index in [1.165, 1.54) is 0 Å². The van der Waals surface area contributed by atoms with Gasteiger partial charge in [0.05, 0.1) is 0 Å². The van der Waals surface area contributed by atoms with Crippen molar-refractivity contribution in [1.82, 2.24) is 15.1 Å². The molecule has 4 nitrogen and oxygen atoms in total. The van der Waals surface area contributed by atoms with Crippen LogP contribution in [0.3, 0.4) is 0 Å². The Labute approximate surface area is 95.7 Å². The first-order valence-electron chi connectivity index (χ1n) is 5.44. The number of aryl methyl sites for hydroxylation is 1. The minimum atomic E-state index is 0.414. The molecule has 15 heavy (non-hydrogen) atoms. The first kappa shape index (κ1) is 12.4. The van der Waals surface area contributed by atoms with E-state index in [9.17, 15) is 0 Å². The second kappa shape index (κ2) is 6.02. The zero-order valence-electron chi connectivity index (χ0n) is 9.95. The van der Waals surface area contributed by atoms with Crippen LogP contribution in [0.15, 0.2) is 0 Å². The molecule has 1 unspecified atom stereocenters. The van der Waals surface area contributed by atoms with E-state index in [1.54, 1.807) is 11.3 Å². The quantitative estimate of drug-likeness (QED) is 0.808. The molecule has 1 atom stereocenters. The number of likely N-dealkylation sites (N-methyl/N-ethyl adjacent to an activating group) is 1. The van der Waals surface area contributed by atoms with Crippen LogP contribution in [0.1, 0.15) is 25.8 Å². The average Bonchev–Trinajstić information content (AvgIpc) is 2.60. The van der Waals surface area contributed by atoms with Gasteiger partial charge >= 0.3 is 0 Å². The Morgan fingerprint density at radius 3 is 2.47 bits per heavy atom. The van der Waals surface area contributed by atoms with E-state index >= 15 is 0 Å². The SMILES string of the molecule is CCN(CC)CC(C)Nc1nnc(C)s1. The highest BCUT2D eigenvalue weighted by Gasteiger charge is 2.08. The Kier molecular flexibility index (Phi) is 4.98. The Balaban J connectivity index is 2.38. The van der Waals surface area contributed by atoms with E-state index in [-0.39, 0.29) is 0 Å². The van der Waals surface area contributed by atoms with Crippen molar-refractivity contribution in [2.75, 3.05) is 25.0 Å². The van der Waals surface area contributed by atoms with Crippen molar-refractivity contribution in [3.05, 3.63) is 5.01 Å². The van der Waals surface area contributed by atoms with Crippen molar-refractivity contribution in [3.8, 4) is 0 Å². The van der Waals surface area contributed by atoms with Crippen molar-refractivity contribution in [1.29, 1.82) is 0 Å². The van der Waals surface area contributed by atoms with E-state index in [0.717, 1.165) is 29.8 Å². The fourth-order valence-corrected chi connectivity index (χ4v) is 2.18. The molecule has 0 aliphatic heterocycles. The van der Waals surface area contributed by atoms with Gasteiger partial charge in [-0.2, -0.15) is 0 Å². The van der Waals surface area contributed by atoms with Gasteiger partial charge in [0.1, 0.15) is 5.01 Å². The van der Waals surface area contributed by atoms with E-state index in [2.05, 4.69) is 41.2 Å². The molecule has 0 saturated heterocycles. The molecule has 1 aromatic rings. The third kappa shape index (κ3) is 4.13. The maximum absolute atomic E-state index is 4.05. The molecule has 1 heterocycles. The molecule has 0 aliphatic carbocycles. The zero-order valence-corrected chi connectivity index (χ0v) is 10.8. The van der Waals surface area contributed by atoms with Crippen molar-refractivity contribution >= 4 is 16.5 Å². The number of rotatable bonds is 6. The van der Waals surface area contributed by atoms with Crippen molar-refractivity contribution in [2.24, 2.45) is 0 Å². The predicted octanol–water partition coefficient (Wildman–Crippen LogP) is 1.99. The van der Waals surface area contributed by atoms with Crippen LogP contribution >= 0.6 is 11.3 Å². The van der Waals surface area contributed by atoms with Crippen LogP contribution < -0.4 is 5.32 Å². The maximum atomic E-state index is 4.05. The maximum Gasteiger partial charge on any atom is 0.205 e. The van der Waals surface area contributed by atoms with Gasteiger partial charge in [-0.25, -0.2) is 0 Å². The summed E-state index contributed by atoms with van der Waals surface area (Å²) in [5, 5.41) is 13.3. The molecular formula is C10H20N4S. The van der Waals surface area contributed by atoms with Gasteiger partial charge in [-0.1, -0.05) is 25.2 Å². The average molecular weight is 228 g/mol. The van der Waals surface area contributed by atoms with Gasteiger partial charge in [0.25, 0.3) is 0 Å². The Hall–Kier alpha value is -0.680. The van der Waals surface area contributed by atoms with E-state index in [4.69, 9.17) is 0 Å². The Morgan fingerprint density at radius 2 is 2.00 bits per heavy atom. The smallest absolute Gasteiger partial charge is 0.205 e. The van der Waals surface area contributed by atoms with E-state index < -0.39 is 0 Å². The standard InChI is InChI=1S/C10H20N4S/c1-5-14(6-2)7-8(3)11-10-13-12-9(4)15-10/h8H,5-7H2,1-4H3,(H,11,13). The molecular weight excluding hydrogens is 208 g/mol. The highest BCUT2D eigenvalue weighted by Crippen LogP contribution is 2.14. The second-order valence-electron chi connectivity index (χ2n) is 3.66. The summed E-state index contributed by atoms with van der Waals surface area (Å²) in [6, 6.07) is 0.414. The normalized spacial score (nSPS) is 13.1. The molecule has 1 rings (SSSR count). The molecule has 0 amide bonds. The minimum Gasteiger partial charge on any atom is -0.356 e. The third-order valence-corrected chi connectivity index (χ3v) is 3.09. The second-order valence-corrected chi connectivity index (χ2v) is 4.84. The highest BCUT2D eigenvalue weighted by molar-refractivity contribution is 7.15. The largest absolute Gasteiger partial charge is 0.356 e. The van der Waals surface area contributed by atoms with Gasteiger partial charge in [-0.15, -0.1) is 10.2 Å². The summed E-state index contributed by atoms with van der Waals surface area (Å²) in [6.45, 7) is 11.8. The molecule has 5 heteroatoms. The van der Waals surface area contributed by atoms with Crippen LogP contribution in [-0.2, 0) is 0 Å². The fourth-order valence-electron chi connectivity index (χ4n) is 1.48. The molecule has 0 fully saturated rings. The summed E-state index contributed by atoms with van der Waals surface area (Å²) >= 11 is 1.61. The van der Waals surface area contributed by atoms with Crippen molar-refractivity contribution in [3.63, 3.8) is 0 Å². The third-order valence-electron chi connectivity index (χ3n) is 2.32. The number of aromatic nitrogens is 2. The van der Waals surface area contributed by atoms with E-state index in [1.807, 2.05) is 6.92 Å². The number of anilines is 1. The molecule has 0 bridgehead atoms. The lowest BCUT2D eigenvalue weighted by atomic mass is 10.3. The van der Waals surface area contributed by atoms with Crippen LogP contribution in [0.4, 0.5) is 5.13 Å². The number of hydrogen-bond acceptors (Lipinski definition) is 5. The molecule has 86 valence electrons. The molecule has 0 radical (unpaired) electrons. The summed E-state index contributed by atoms with van der Waals surface area (Å²) in [5.74, 6) is 0. The summed E-state index contributed by atoms with van der Waals surface area (Å²) in [5.41, 5.74) is 0. The molecule has 0 saturated carbocycles. The Bertz CT molecular complexity index is 283. The van der Waals surface area contributed by atoms with Crippen LogP contribution in [-0.4, -0.2) is 40.8 Å². The highest BCUT2D eigenvalue weighted by atomic mass is 32.1. The van der Waals surface area contributed by atoms with Gasteiger partial charge in [0.15, 0.2) is 0 Å². The number of hydrogen-bond donors (Lipinski definition) is 1. The van der Waals surface area contributed by atoms with Gasteiger partial charge in [-0.3, -0.25) is 0 Å². The summed E-state index contributed by atoms with van der Waals surface area (Å²) in [7, 11) is 0. The molecule has 0 spiro atoms. The summed E-state index contributed by atoms with van der Waals surface area (Å²) < 4.78 is 0. The summed E-state index contributed by atoms with van der Waals surface area (Å²) in [4.78, 5) is 2.39. The zero-order chi connectivity index (χ0) is 11.3. The number of nitrogens with zero attached hydrogens (tertiary/aromatic N) is 3. The minimum absolute atomic E-state index is 0.414. The van der Waals surface area contributed by atoms with Gasteiger partial charge in [0, 0.05) is 12.6 Å². The van der Waals surface area contributed by atoms with Gasteiger partial charge in [-0.05, 0) is 26.9 Å². The van der Waals surface area contributed by atoms with Gasteiger partial charge < -0.3 is 10.2 Å². The molecule has 0 aromatic carbocycles. The molecule has 0 aliphatic rings. The lowest BCUT2D eigenvalue weighted by Crippen LogP contribution is -2.34. The topological polar surface area (TPSA) is 41.0 Å². The lowest BCUT2D eigenvalue weighted by Gasteiger charge is -2.22. The van der Waals surface area contributed by atoms with E-state index in [0.29, 0.717) is 6.04 Å². The van der Waals surface area contributed by atoms with Crippen molar-refractivity contribution < 1.29 is 0 Å². The first-order chi connectivity index (χ1) is 7.15. The lowest BCUT2D eigenvalue weighted by molar-refractivity contribution is 0.295. The predicted molar refractivity (Wildman–Crippen MR) is 65.5 cm³/mol. The first-order valence-corrected chi connectivity index (χ1v) is 6.26. The molecule has 1 aromatic heterocycles. The van der Waals surface area contributed by atoms with Crippen LogP contribution in [0, 0.1) is 6.92 Å². The monoisotopic (exact) mass is 228 g/mol.